The van der Waals surface area contributed by atoms with Crippen LogP contribution in [0.15, 0.2) is 72.8 Å². The van der Waals surface area contributed by atoms with Gasteiger partial charge >= 0.3 is 0 Å². The van der Waals surface area contributed by atoms with Crippen molar-refractivity contribution in [3.63, 3.8) is 0 Å². The molecule has 0 spiro atoms. The third-order valence-electron chi connectivity index (χ3n) is 5.60. The van der Waals surface area contributed by atoms with Gasteiger partial charge < -0.3 is 0 Å². The van der Waals surface area contributed by atoms with Crippen LogP contribution in [0.25, 0.3) is 53.0 Å². The second-order valence-corrected chi connectivity index (χ2v) is 8.11. The molecule has 27 heavy (non-hydrogen) atoms. The monoisotopic (exact) mass is 363 g/mol. The SMILES string of the molecule is CCc1cccc(-c2ccc3c4ccccc4c4cccc5sc2c3c54)n1. The maximum atomic E-state index is 4.90. The van der Waals surface area contributed by atoms with Crippen molar-refractivity contribution < 1.29 is 0 Å². The standard InChI is InChI=1S/C25H17NS/c1-2-15-7-5-11-21(26-15)20-14-13-19-17-9-4-3-8-16(17)18-10-6-12-22-23(18)24(19)25(20)27-22/h3-14H,2H2,1H3. The van der Waals surface area contributed by atoms with Gasteiger partial charge in [0.1, 0.15) is 0 Å². The minimum absolute atomic E-state index is 0.957. The first-order chi connectivity index (χ1) is 13.3. The van der Waals surface area contributed by atoms with Crippen LogP contribution in [0.3, 0.4) is 0 Å². The normalized spacial score (nSPS) is 12.0. The van der Waals surface area contributed by atoms with Gasteiger partial charge in [0.25, 0.3) is 0 Å². The molecule has 0 aliphatic rings. The lowest BCUT2D eigenvalue weighted by Gasteiger charge is -2.11. The van der Waals surface area contributed by atoms with Gasteiger partial charge in [0.05, 0.1) is 5.69 Å². The van der Waals surface area contributed by atoms with E-state index in [1.807, 2.05) is 11.3 Å². The highest BCUT2D eigenvalue weighted by Crippen LogP contribution is 2.47. The number of hydrogen-bond acceptors (Lipinski definition) is 2. The van der Waals surface area contributed by atoms with Crippen LogP contribution in [0.2, 0.25) is 0 Å². The Labute approximate surface area is 161 Å². The summed E-state index contributed by atoms with van der Waals surface area (Å²) in [5.74, 6) is 0. The molecule has 1 nitrogen and oxygen atoms in total. The molecule has 0 aliphatic carbocycles. The number of thiophene rings is 1. The Morgan fingerprint density at radius 1 is 0.704 bits per heavy atom. The van der Waals surface area contributed by atoms with E-state index in [4.69, 9.17) is 4.98 Å². The summed E-state index contributed by atoms with van der Waals surface area (Å²) in [5.41, 5.74) is 3.47. The van der Waals surface area contributed by atoms with Crippen molar-refractivity contribution >= 4 is 53.1 Å². The minimum Gasteiger partial charge on any atom is -0.253 e. The van der Waals surface area contributed by atoms with Gasteiger partial charge in [0.15, 0.2) is 0 Å². The molecule has 2 heteroatoms. The van der Waals surface area contributed by atoms with Crippen molar-refractivity contribution in [1.82, 2.24) is 4.98 Å². The number of rotatable bonds is 2. The van der Waals surface area contributed by atoms with Crippen molar-refractivity contribution in [1.29, 1.82) is 0 Å². The predicted octanol–water partition coefficient (Wildman–Crippen LogP) is 7.42. The number of fused-ring (bicyclic) bond motifs is 3. The Bertz CT molecular complexity index is 1460. The Hall–Kier alpha value is -2.97. The third kappa shape index (κ3) is 2.02. The molecule has 0 N–H and O–H groups in total. The fourth-order valence-electron chi connectivity index (χ4n) is 4.35. The lowest BCUT2D eigenvalue weighted by molar-refractivity contribution is 1.04. The summed E-state index contributed by atoms with van der Waals surface area (Å²) in [7, 11) is 0. The van der Waals surface area contributed by atoms with E-state index in [9.17, 15) is 0 Å². The van der Waals surface area contributed by atoms with Crippen LogP contribution in [-0.2, 0) is 6.42 Å². The number of benzene rings is 4. The average Bonchev–Trinajstić information content (AvgIpc) is 3.13. The molecule has 0 amide bonds. The molecule has 2 heterocycles. The van der Waals surface area contributed by atoms with E-state index < -0.39 is 0 Å². The van der Waals surface area contributed by atoms with Crippen molar-refractivity contribution in [3.05, 3.63) is 78.5 Å². The quantitative estimate of drug-likeness (QED) is 0.292. The summed E-state index contributed by atoms with van der Waals surface area (Å²) < 4.78 is 2.71. The van der Waals surface area contributed by atoms with Crippen LogP contribution >= 0.6 is 11.3 Å². The number of pyridine rings is 1. The van der Waals surface area contributed by atoms with E-state index in [0.29, 0.717) is 0 Å². The first-order valence-electron chi connectivity index (χ1n) is 9.39. The Morgan fingerprint density at radius 2 is 1.44 bits per heavy atom. The largest absolute Gasteiger partial charge is 0.253 e. The van der Waals surface area contributed by atoms with Gasteiger partial charge in [0.2, 0.25) is 0 Å². The van der Waals surface area contributed by atoms with Gasteiger partial charge in [-0.15, -0.1) is 11.3 Å². The van der Waals surface area contributed by atoms with Gasteiger partial charge in [-0.3, -0.25) is 4.98 Å². The molecule has 0 bridgehead atoms. The molecule has 0 saturated heterocycles. The van der Waals surface area contributed by atoms with Crippen LogP contribution in [0, 0.1) is 0 Å². The van der Waals surface area contributed by atoms with E-state index in [1.165, 1.54) is 47.3 Å². The number of aryl methyl sites for hydroxylation is 1. The number of hydrogen-bond donors (Lipinski definition) is 0. The van der Waals surface area contributed by atoms with Crippen LogP contribution in [0.5, 0.6) is 0 Å². The Kier molecular flexibility index (Phi) is 3.09. The summed E-state index contributed by atoms with van der Waals surface area (Å²) >= 11 is 1.90. The summed E-state index contributed by atoms with van der Waals surface area (Å²) in [6, 6.07) is 26.4. The fourth-order valence-corrected chi connectivity index (χ4v) is 5.63. The van der Waals surface area contributed by atoms with Crippen molar-refractivity contribution in [2.24, 2.45) is 0 Å². The predicted molar refractivity (Wildman–Crippen MR) is 118 cm³/mol. The summed E-state index contributed by atoms with van der Waals surface area (Å²) in [5, 5.41) is 8.18. The molecule has 0 atom stereocenters. The summed E-state index contributed by atoms with van der Waals surface area (Å²) in [6.07, 6.45) is 0.957. The van der Waals surface area contributed by atoms with E-state index in [0.717, 1.165) is 17.8 Å². The lowest BCUT2D eigenvalue weighted by Crippen LogP contribution is -1.90. The van der Waals surface area contributed by atoms with Gasteiger partial charge in [-0.2, -0.15) is 0 Å². The second-order valence-electron chi connectivity index (χ2n) is 7.06. The molecular formula is C25H17NS. The number of nitrogens with zero attached hydrogens (tertiary/aromatic N) is 1. The maximum absolute atomic E-state index is 4.90. The van der Waals surface area contributed by atoms with E-state index >= 15 is 0 Å². The maximum Gasteiger partial charge on any atom is 0.0719 e. The zero-order chi connectivity index (χ0) is 18.0. The highest BCUT2D eigenvalue weighted by molar-refractivity contribution is 7.26. The molecule has 4 aromatic carbocycles. The molecule has 0 saturated carbocycles. The van der Waals surface area contributed by atoms with Crippen LogP contribution in [0.4, 0.5) is 0 Å². The van der Waals surface area contributed by atoms with E-state index in [2.05, 4.69) is 79.7 Å². The van der Waals surface area contributed by atoms with E-state index in [-0.39, 0.29) is 0 Å². The second kappa shape index (κ2) is 5.51. The summed E-state index contributed by atoms with van der Waals surface area (Å²) in [6.45, 7) is 2.16. The average molecular weight is 363 g/mol. The molecule has 0 fully saturated rings. The van der Waals surface area contributed by atoms with Gasteiger partial charge in [0, 0.05) is 31.4 Å². The first kappa shape index (κ1) is 15.1. The van der Waals surface area contributed by atoms with Gasteiger partial charge in [-0.1, -0.05) is 61.5 Å². The fraction of sp³-hybridized carbons (Fsp3) is 0.0800. The Morgan fingerprint density at radius 3 is 2.26 bits per heavy atom. The smallest absolute Gasteiger partial charge is 0.0719 e. The van der Waals surface area contributed by atoms with Crippen LogP contribution in [0.1, 0.15) is 12.6 Å². The topological polar surface area (TPSA) is 12.9 Å². The third-order valence-corrected chi connectivity index (χ3v) is 6.79. The molecule has 128 valence electrons. The van der Waals surface area contributed by atoms with E-state index in [1.54, 1.807) is 0 Å². The van der Waals surface area contributed by atoms with Crippen molar-refractivity contribution in [2.45, 2.75) is 13.3 Å². The van der Waals surface area contributed by atoms with Gasteiger partial charge in [-0.25, -0.2) is 0 Å². The van der Waals surface area contributed by atoms with Crippen LogP contribution in [-0.4, -0.2) is 4.98 Å². The lowest BCUT2D eigenvalue weighted by atomic mass is 9.93. The molecule has 6 rings (SSSR count). The molecule has 2 aromatic heterocycles. The molecule has 0 aliphatic heterocycles. The Balaban J connectivity index is 1.84. The van der Waals surface area contributed by atoms with Crippen molar-refractivity contribution in [2.75, 3.05) is 0 Å². The molecular weight excluding hydrogens is 346 g/mol. The highest BCUT2D eigenvalue weighted by atomic mass is 32.1. The molecule has 0 unspecified atom stereocenters. The molecule has 6 aromatic rings. The molecule has 0 radical (unpaired) electrons. The van der Waals surface area contributed by atoms with Gasteiger partial charge in [-0.05, 0) is 46.2 Å². The highest BCUT2D eigenvalue weighted by Gasteiger charge is 2.18. The summed E-state index contributed by atoms with van der Waals surface area (Å²) in [4.78, 5) is 4.90. The minimum atomic E-state index is 0.957. The van der Waals surface area contributed by atoms with Crippen LogP contribution < -0.4 is 0 Å². The number of aromatic nitrogens is 1. The zero-order valence-corrected chi connectivity index (χ0v) is 15.8. The zero-order valence-electron chi connectivity index (χ0n) is 15.0. The van der Waals surface area contributed by atoms with Crippen molar-refractivity contribution in [3.8, 4) is 11.3 Å². The first-order valence-corrected chi connectivity index (χ1v) is 10.2.